The molecule has 6 rings (SSSR count). The number of anilines is 2. The lowest BCUT2D eigenvalue weighted by atomic mass is 9.46. The van der Waals surface area contributed by atoms with Crippen molar-refractivity contribution in [1.82, 2.24) is 4.98 Å². The summed E-state index contributed by atoms with van der Waals surface area (Å²) in [6.45, 7) is 6.39. The fourth-order valence-electron chi connectivity index (χ4n) is 8.32. The van der Waals surface area contributed by atoms with Crippen LogP contribution < -0.4 is 4.90 Å². The van der Waals surface area contributed by atoms with Crippen molar-refractivity contribution in [2.75, 3.05) is 4.90 Å². The zero-order chi connectivity index (χ0) is 23.8. The Bertz CT molecular complexity index is 1160. The van der Waals surface area contributed by atoms with Gasteiger partial charge in [-0.15, -0.1) is 11.3 Å². The fourth-order valence-corrected chi connectivity index (χ4v) is 9.92. The van der Waals surface area contributed by atoms with E-state index < -0.39 is 0 Å². The van der Waals surface area contributed by atoms with Crippen LogP contribution in [0.3, 0.4) is 0 Å². The van der Waals surface area contributed by atoms with E-state index in [2.05, 4.69) is 13.8 Å². The van der Waals surface area contributed by atoms with E-state index in [0.717, 1.165) is 42.9 Å². The summed E-state index contributed by atoms with van der Waals surface area (Å²) in [4.78, 5) is 33.6. The first-order valence-corrected chi connectivity index (χ1v) is 14.0. The summed E-state index contributed by atoms with van der Waals surface area (Å²) >= 11 is 7.81. The maximum atomic E-state index is 12.7. The topological polar surface area (TPSA) is 50.3 Å². The van der Waals surface area contributed by atoms with Crippen molar-refractivity contribution >= 4 is 45.4 Å². The highest BCUT2D eigenvalue weighted by molar-refractivity contribution is 7.16. The Balaban J connectivity index is 1.33. The van der Waals surface area contributed by atoms with E-state index in [-0.39, 0.29) is 16.7 Å². The molecule has 0 radical (unpaired) electrons. The molecule has 4 nitrogen and oxygen atoms in total. The van der Waals surface area contributed by atoms with E-state index in [4.69, 9.17) is 16.6 Å². The van der Waals surface area contributed by atoms with Gasteiger partial charge in [-0.1, -0.05) is 25.4 Å². The molecule has 6 atom stereocenters. The third-order valence-corrected chi connectivity index (χ3v) is 11.6. The molecule has 3 saturated carbocycles. The Morgan fingerprint density at radius 1 is 1.06 bits per heavy atom. The monoisotopic (exact) mass is 496 g/mol. The van der Waals surface area contributed by atoms with Crippen LogP contribution in [-0.4, -0.2) is 16.7 Å². The van der Waals surface area contributed by atoms with Gasteiger partial charge in [0.15, 0.2) is 5.13 Å². The van der Waals surface area contributed by atoms with Crippen LogP contribution in [0.1, 0.15) is 82.2 Å². The van der Waals surface area contributed by atoms with Gasteiger partial charge in [0.2, 0.25) is 5.91 Å². The second-order valence-corrected chi connectivity index (χ2v) is 13.0. The molecule has 1 heterocycles. The average molecular weight is 497 g/mol. The van der Waals surface area contributed by atoms with Gasteiger partial charge in [-0.05, 0) is 92.4 Å². The predicted octanol–water partition coefficient (Wildman–Crippen LogP) is 7.32. The summed E-state index contributed by atoms with van der Waals surface area (Å²) in [7, 11) is 0. The number of nitrogens with zero attached hydrogens (tertiary/aromatic N) is 2. The minimum Gasteiger partial charge on any atom is -0.299 e. The van der Waals surface area contributed by atoms with Gasteiger partial charge in [0, 0.05) is 34.6 Å². The lowest BCUT2D eigenvalue weighted by molar-refractivity contribution is -0.134. The highest BCUT2D eigenvalue weighted by atomic mass is 35.5. The van der Waals surface area contributed by atoms with Gasteiger partial charge < -0.3 is 0 Å². The second-order valence-electron chi connectivity index (χ2n) is 11.6. The molecule has 34 heavy (non-hydrogen) atoms. The highest BCUT2D eigenvalue weighted by Crippen LogP contribution is 2.67. The van der Waals surface area contributed by atoms with Crippen molar-refractivity contribution in [2.45, 2.75) is 78.1 Å². The Morgan fingerprint density at radius 3 is 2.56 bits per heavy atom. The molecule has 0 bridgehead atoms. The maximum Gasteiger partial charge on any atom is 0.230 e. The van der Waals surface area contributed by atoms with E-state index >= 15 is 0 Å². The number of carbonyl (C=O) groups excluding carboxylic acids is 2. The minimum absolute atomic E-state index is 0.0302. The molecular formula is C28H33ClN2O2S. The van der Waals surface area contributed by atoms with Crippen LogP contribution in [0.15, 0.2) is 24.3 Å². The molecule has 1 aromatic heterocycles. The zero-order valence-electron chi connectivity index (χ0n) is 20.3. The zero-order valence-corrected chi connectivity index (χ0v) is 21.8. The number of Topliss-reactive ketones (excluding diaryl/α,β-unsaturated/α-hetero) is 1. The van der Waals surface area contributed by atoms with Crippen molar-refractivity contribution in [2.24, 2.45) is 28.6 Å². The molecule has 1 amide bonds. The number of amides is 1. The van der Waals surface area contributed by atoms with E-state index in [0.29, 0.717) is 34.5 Å². The first kappa shape index (κ1) is 22.7. The summed E-state index contributed by atoms with van der Waals surface area (Å²) in [6.07, 6.45) is 8.67. The molecule has 180 valence electrons. The molecule has 0 saturated heterocycles. The van der Waals surface area contributed by atoms with Crippen LogP contribution in [0.4, 0.5) is 10.8 Å². The number of hydrogen-bond acceptors (Lipinski definition) is 4. The van der Waals surface area contributed by atoms with Gasteiger partial charge in [0.1, 0.15) is 5.78 Å². The largest absolute Gasteiger partial charge is 0.299 e. The van der Waals surface area contributed by atoms with Crippen LogP contribution in [0, 0.1) is 28.6 Å². The normalized spacial score (nSPS) is 36.3. The van der Waals surface area contributed by atoms with Gasteiger partial charge in [0.25, 0.3) is 0 Å². The number of carbonyl (C=O) groups is 2. The Morgan fingerprint density at radius 2 is 1.82 bits per heavy atom. The minimum atomic E-state index is -0.0670. The molecule has 0 spiro atoms. The van der Waals surface area contributed by atoms with E-state index in [1.54, 1.807) is 23.2 Å². The number of hydrogen-bond donors (Lipinski definition) is 0. The SMILES string of the molecule is CC(=O)N(c1ccc(Cl)cc1)c1nc2c(s1)C1CC[C@@H]3[C@H](CC[C@]4(C)C(=O)CC[C@@H]34)[C@@]1(C)CC2. The standard InChI is InChI=1S/C28H33ClN2O2S/c1-16(32)31(18-6-4-17(29)5-7-18)26-30-23-13-15-27(2)21-12-14-28(3)20(10-11-24(28)33)19(21)8-9-22(27)25(23)34-26/h4-7,19-22H,8-15H2,1-3H3/t19-,20-,21-,22?,27+,28-/m0/s1. The molecular weight excluding hydrogens is 464 g/mol. The summed E-state index contributed by atoms with van der Waals surface area (Å²) in [6, 6.07) is 7.43. The quantitative estimate of drug-likeness (QED) is 0.437. The van der Waals surface area contributed by atoms with Crippen molar-refractivity contribution in [3.05, 3.63) is 39.9 Å². The van der Waals surface area contributed by atoms with Crippen LogP contribution in [0.2, 0.25) is 5.02 Å². The van der Waals surface area contributed by atoms with Crippen molar-refractivity contribution in [3.63, 3.8) is 0 Å². The predicted molar refractivity (Wildman–Crippen MR) is 137 cm³/mol. The number of aromatic nitrogens is 1. The number of halogens is 1. The highest BCUT2D eigenvalue weighted by Gasteiger charge is 2.60. The van der Waals surface area contributed by atoms with Crippen LogP contribution in [0.25, 0.3) is 0 Å². The van der Waals surface area contributed by atoms with Gasteiger partial charge in [-0.25, -0.2) is 4.98 Å². The van der Waals surface area contributed by atoms with E-state index in [1.807, 2.05) is 24.3 Å². The van der Waals surface area contributed by atoms with Gasteiger partial charge in [-0.3, -0.25) is 14.5 Å². The smallest absolute Gasteiger partial charge is 0.230 e. The molecule has 4 aliphatic rings. The Labute approximate surface area is 211 Å². The average Bonchev–Trinajstić information content (AvgIpc) is 3.35. The van der Waals surface area contributed by atoms with Gasteiger partial charge in [-0.2, -0.15) is 0 Å². The molecule has 0 aliphatic heterocycles. The molecule has 4 aliphatic carbocycles. The van der Waals surface area contributed by atoms with E-state index in [1.165, 1.54) is 29.8 Å². The summed E-state index contributed by atoms with van der Waals surface area (Å²) in [5.74, 6) is 2.94. The summed E-state index contributed by atoms with van der Waals surface area (Å²) in [5.41, 5.74) is 2.20. The first-order valence-electron chi connectivity index (χ1n) is 12.8. The Kier molecular flexibility index (Phi) is 5.28. The number of aryl methyl sites for hydroxylation is 1. The molecule has 3 fully saturated rings. The van der Waals surface area contributed by atoms with Crippen LogP contribution in [-0.2, 0) is 16.0 Å². The van der Waals surface area contributed by atoms with E-state index in [9.17, 15) is 9.59 Å². The third-order valence-electron chi connectivity index (χ3n) is 10.1. The van der Waals surface area contributed by atoms with Crippen LogP contribution >= 0.6 is 22.9 Å². The molecule has 2 aromatic rings. The molecule has 1 unspecified atom stereocenters. The van der Waals surface area contributed by atoms with Crippen LogP contribution in [0.5, 0.6) is 0 Å². The second kappa shape index (κ2) is 7.89. The van der Waals surface area contributed by atoms with Crippen molar-refractivity contribution in [3.8, 4) is 0 Å². The molecule has 1 aromatic carbocycles. The summed E-state index contributed by atoms with van der Waals surface area (Å²) < 4.78 is 0. The lowest BCUT2D eigenvalue weighted by Gasteiger charge is -2.59. The molecule has 6 heteroatoms. The number of benzene rings is 1. The van der Waals surface area contributed by atoms with Crippen molar-refractivity contribution in [1.29, 1.82) is 0 Å². The first-order chi connectivity index (χ1) is 16.2. The third kappa shape index (κ3) is 3.19. The lowest BCUT2D eigenvalue weighted by Crippen LogP contribution is -2.52. The number of ketones is 1. The number of rotatable bonds is 2. The number of fused-ring (bicyclic) bond motifs is 7. The maximum absolute atomic E-state index is 12.7. The molecule has 0 N–H and O–H groups in total. The van der Waals surface area contributed by atoms with Crippen molar-refractivity contribution < 1.29 is 9.59 Å². The van der Waals surface area contributed by atoms with Gasteiger partial charge in [0.05, 0.1) is 11.4 Å². The Hall–Kier alpha value is -1.72. The fraction of sp³-hybridized carbons (Fsp3) is 0.607. The number of thiazole rings is 1. The summed E-state index contributed by atoms with van der Waals surface area (Å²) in [5, 5.41) is 1.44. The van der Waals surface area contributed by atoms with Gasteiger partial charge >= 0.3 is 0 Å².